The van der Waals surface area contributed by atoms with Crippen LogP contribution in [0.1, 0.15) is 176 Å². The van der Waals surface area contributed by atoms with Crippen molar-refractivity contribution in [3.63, 3.8) is 0 Å². The van der Waals surface area contributed by atoms with Crippen molar-refractivity contribution in [2.75, 3.05) is 52.9 Å². The Kier molecular flexibility index (Phi) is 26.9. The van der Waals surface area contributed by atoms with Crippen molar-refractivity contribution in [1.29, 1.82) is 0 Å². The van der Waals surface area contributed by atoms with Gasteiger partial charge >= 0.3 is 11.9 Å². The summed E-state index contributed by atoms with van der Waals surface area (Å²) in [5.74, 6) is 1.76. The molecule has 3 aromatic rings. The minimum atomic E-state index is -0.852. The van der Waals surface area contributed by atoms with Crippen molar-refractivity contribution in [1.82, 2.24) is 0 Å². The number of carbonyl (C=O) groups is 2. The molecule has 0 aliphatic heterocycles. The number of unbranched alkanes of at least 4 members (excludes halogenated alkanes) is 2. The molecule has 0 aliphatic rings. The fraction of sp³-hybridized carbons (Fsp3) is 0.647. The summed E-state index contributed by atoms with van der Waals surface area (Å²) in [7, 11) is 0. The highest BCUT2D eigenvalue weighted by atomic mass is 16.6. The summed E-state index contributed by atoms with van der Waals surface area (Å²) in [6.45, 7) is 48.2. The molecule has 2 unspecified atom stereocenters. The number of ether oxygens (including phenoxy) is 10. The van der Waals surface area contributed by atoms with Crippen LogP contribution in [0.4, 0.5) is 0 Å². The molecule has 0 fully saturated rings. The molecule has 0 bridgehead atoms. The molecule has 0 aromatic heterocycles. The van der Waals surface area contributed by atoms with E-state index in [0.29, 0.717) is 64.0 Å². The lowest BCUT2D eigenvalue weighted by molar-refractivity contribution is -0.171. The molecule has 0 spiro atoms. The summed E-state index contributed by atoms with van der Waals surface area (Å²) >= 11 is 0. The Morgan fingerprint density at radius 2 is 0.700 bits per heavy atom. The largest absolute Gasteiger partial charge is 0.493 e. The van der Waals surface area contributed by atoms with Gasteiger partial charge in [0.2, 0.25) is 0 Å². The minimum Gasteiger partial charge on any atom is -0.493 e. The molecule has 450 valence electrons. The number of benzene rings is 3. The quantitative estimate of drug-likeness (QED) is 0.0306. The zero-order chi connectivity index (χ0) is 60.1. The molecule has 0 aliphatic carbocycles. The molecular formula is C68H106O12. The number of para-hydroxylation sites is 2. The van der Waals surface area contributed by atoms with Crippen LogP contribution in [-0.2, 0) is 38.0 Å². The van der Waals surface area contributed by atoms with Crippen molar-refractivity contribution in [3.05, 3.63) is 109 Å². The zero-order valence-corrected chi connectivity index (χ0v) is 52.9. The fourth-order valence-corrected chi connectivity index (χ4v) is 8.40. The smallest absolute Gasteiger partial charge is 0.333 e. The highest BCUT2D eigenvalue weighted by Gasteiger charge is 2.43. The van der Waals surface area contributed by atoms with Gasteiger partial charge in [0.15, 0.2) is 0 Å². The first kappa shape index (κ1) is 69.4. The van der Waals surface area contributed by atoms with Crippen LogP contribution in [0.2, 0.25) is 0 Å². The highest BCUT2D eigenvalue weighted by molar-refractivity contribution is 5.87. The Balaban J connectivity index is 1.35. The van der Waals surface area contributed by atoms with Gasteiger partial charge in [-0.1, -0.05) is 90.1 Å². The van der Waals surface area contributed by atoms with E-state index in [-0.39, 0.29) is 33.9 Å². The van der Waals surface area contributed by atoms with E-state index in [1.807, 2.05) is 113 Å². The molecule has 3 rings (SSSR count). The monoisotopic (exact) mass is 1110 g/mol. The van der Waals surface area contributed by atoms with Gasteiger partial charge in [0.05, 0.1) is 73.9 Å². The topological polar surface area (TPSA) is 126 Å². The summed E-state index contributed by atoms with van der Waals surface area (Å²) < 4.78 is 62.5. The normalized spacial score (nSPS) is 13.7. The maximum atomic E-state index is 12.6. The van der Waals surface area contributed by atoms with Crippen molar-refractivity contribution in [2.45, 2.75) is 210 Å². The van der Waals surface area contributed by atoms with Crippen LogP contribution < -0.4 is 18.9 Å². The van der Waals surface area contributed by atoms with Crippen molar-refractivity contribution in [2.24, 2.45) is 22.7 Å². The molecule has 0 N–H and O–H groups in total. The van der Waals surface area contributed by atoms with Gasteiger partial charge < -0.3 is 47.4 Å². The average Bonchev–Trinajstić information content (AvgIpc) is 3.36. The van der Waals surface area contributed by atoms with E-state index in [0.717, 1.165) is 74.4 Å². The van der Waals surface area contributed by atoms with E-state index >= 15 is 0 Å². The average molecular weight is 1120 g/mol. The summed E-state index contributed by atoms with van der Waals surface area (Å²) in [5, 5.41) is 0. The summed E-state index contributed by atoms with van der Waals surface area (Å²) in [6, 6.07) is 27.1. The van der Waals surface area contributed by atoms with Crippen molar-refractivity contribution in [3.8, 4) is 23.0 Å². The second-order valence-electron chi connectivity index (χ2n) is 26.4. The van der Waals surface area contributed by atoms with Gasteiger partial charge in [-0.2, -0.15) is 0 Å². The molecule has 0 heterocycles. The molecule has 0 amide bonds. The van der Waals surface area contributed by atoms with Crippen LogP contribution in [0.3, 0.4) is 0 Å². The predicted molar refractivity (Wildman–Crippen MR) is 323 cm³/mol. The lowest BCUT2D eigenvalue weighted by Crippen LogP contribution is -2.47. The van der Waals surface area contributed by atoms with Crippen molar-refractivity contribution < 1.29 is 57.0 Å². The third-order valence-electron chi connectivity index (χ3n) is 16.5. The number of esters is 2. The number of hydrogen-bond donors (Lipinski definition) is 0. The molecule has 12 heteroatoms. The van der Waals surface area contributed by atoms with Crippen LogP contribution in [0.5, 0.6) is 23.0 Å². The molecule has 0 saturated heterocycles. The lowest BCUT2D eigenvalue weighted by atomic mass is 9.73. The number of rotatable bonds is 40. The predicted octanol–water partition coefficient (Wildman–Crippen LogP) is 16.0. The summed E-state index contributed by atoms with van der Waals surface area (Å²) in [5.41, 5.74) is -2.94. The standard InChI is InChI=1S/C68H106O12/c1-51(2)59(69)79-65(13,14)53(47-73-55-31-23-21-24-32-55)49-77-67(17,18)61(5,6)39-27-29-43-75-63(9,10)41-45-71-57-35-37-58(38-36-57)72-46-42-64(11,12)76-44-30-28-40-62(7,8)68(19,20)78-50-54(48-74-56-33-25-22-26-34-56)66(15,16)80-60(70)52(3)4/h21-26,31-38,53-54H,1,3,27-30,39-50H2,2,4-20H3. The Hall–Kier alpha value is -4.88. The van der Waals surface area contributed by atoms with E-state index in [1.165, 1.54) is 0 Å². The van der Waals surface area contributed by atoms with Gasteiger partial charge in [0, 0.05) is 37.2 Å². The first-order valence-corrected chi connectivity index (χ1v) is 29.1. The van der Waals surface area contributed by atoms with E-state index in [1.54, 1.807) is 13.8 Å². The molecule has 0 radical (unpaired) electrons. The van der Waals surface area contributed by atoms with Gasteiger partial charge in [0.1, 0.15) is 34.2 Å². The number of carbonyl (C=O) groups excluding carboxylic acids is 2. The molecule has 12 nitrogen and oxygen atoms in total. The van der Waals surface area contributed by atoms with Gasteiger partial charge in [-0.05, 0) is 182 Å². The maximum absolute atomic E-state index is 12.6. The van der Waals surface area contributed by atoms with Crippen LogP contribution in [-0.4, -0.2) is 98.4 Å². The first-order chi connectivity index (χ1) is 37.1. The molecule has 2 atom stereocenters. The summed E-state index contributed by atoms with van der Waals surface area (Å²) in [4.78, 5) is 25.2. The summed E-state index contributed by atoms with van der Waals surface area (Å²) in [6.07, 6.45) is 7.20. The highest BCUT2D eigenvalue weighted by Crippen LogP contribution is 2.41. The SMILES string of the molecule is C=C(C)C(=O)OC(C)(C)C(COc1ccccc1)COC(C)(C)C(C)(C)CCCCOC(C)(C)CCOc1ccc(OCCC(C)(C)OCCCCC(C)(C)C(C)(C)OCC(COc2ccccc2)C(C)(C)OC(=O)C(=C)C)cc1. The number of hydrogen-bond acceptors (Lipinski definition) is 12. The van der Waals surface area contributed by atoms with E-state index < -0.39 is 34.3 Å². The van der Waals surface area contributed by atoms with Crippen LogP contribution in [0, 0.1) is 22.7 Å². The van der Waals surface area contributed by atoms with E-state index in [4.69, 9.17) is 47.4 Å². The Bertz CT molecular complexity index is 2150. The van der Waals surface area contributed by atoms with Gasteiger partial charge in [-0.25, -0.2) is 9.59 Å². The second kappa shape index (κ2) is 31.0. The molecular weight excluding hydrogens is 1010 g/mol. The van der Waals surface area contributed by atoms with Crippen LogP contribution in [0.25, 0.3) is 0 Å². The van der Waals surface area contributed by atoms with Crippen LogP contribution >= 0.6 is 0 Å². The van der Waals surface area contributed by atoms with Crippen molar-refractivity contribution >= 4 is 11.9 Å². The third kappa shape index (κ3) is 24.3. The van der Waals surface area contributed by atoms with E-state index in [2.05, 4.69) is 96.2 Å². The second-order valence-corrected chi connectivity index (χ2v) is 26.4. The minimum absolute atomic E-state index is 0.153. The molecule has 3 aromatic carbocycles. The third-order valence-corrected chi connectivity index (χ3v) is 16.5. The lowest BCUT2D eigenvalue weighted by Gasteiger charge is -2.44. The first-order valence-electron chi connectivity index (χ1n) is 29.1. The Morgan fingerprint density at radius 3 is 1.01 bits per heavy atom. The van der Waals surface area contributed by atoms with E-state index in [9.17, 15) is 9.59 Å². The van der Waals surface area contributed by atoms with Gasteiger partial charge in [-0.15, -0.1) is 0 Å². The zero-order valence-electron chi connectivity index (χ0n) is 52.9. The fourth-order valence-electron chi connectivity index (χ4n) is 8.40. The Morgan fingerprint density at radius 1 is 0.388 bits per heavy atom. The van der Waals surface area contributed by atoms with Gasteiger partial charge in [-0.3, -0.25) is 0 Å². The Labute approximate surface area is 484 Å². The van der Waals surface area contributed by atoms with Crippen LogP contribution in [0.15, 0.2) is 109 Å². The molecule has 80 heavy (non-hydrogen) atoms. The molecule has 0 saturated carbocycles. The van der Waals surface area contributed by atoms with Gasteiger partial charge in [0.25, 0.3) is 0 Å². The maximum Gasteiger partial charge on any atom is 0.333 e.